The van der Waals surface area contributed by atoms with Crippen LogP contribution in [0.4, 0.5) is 0 Å². The lowest BCUT2D eigenvalue weighted by atomic mass is 10.2. The molecular weight excluding hydrogens is 208 g/mol. The predicted octanol–water partition coefficient (Wildman–Crippen LogP) is 1.46. The van der Waals surface area contributed by atoms with Gasteiger partial charge in [-0.25, -0.2) is 14.8 Å². The zero-order valence-electron chi connectivity index (χ0n) is 8.34. The highest BCUT2D eigenvalue weighted by molar-refractivity contribution is 5.85. The van der Waals surface area contributed by atoms with Crippen LogP contribution in [0.5, 0.6) is 0 Å². The maximum atomic E-state index is 11.2. The van der Waals surface area contributed by atoms with E-state index in [4.69, 9.17) is 4.42 Å². The minimum absolute atomic E-state index is 0.0984. The highest BCUT2D eigenvalue weighted by atomic mass is 16.5. The zero-order chi connectivity index (χ0) is 11.4. The van der Waals surface area contributed by atoms with Gasteiger partial charge < -0.3 is 9.15 Å². The van der Waals surface area contributed by atoms with Crippen LogP contribution >= 0.6 is 0 Å². The number of esters is 1. The highest BCUT2D eigenvalue weighted by Crippen LogP contribution is 2.18. The number of hydrogen-bond acceptors (Lipinski definition) is 4. The van der Waals surface area contributed by atoms with E-state index >= 15 is 0 Å². The molecule has 0 fully saturated rings. The first-order chi connectivity index (χ1) is 7.81. The van der Waals surface area contributed by atoms with E-state index < -0.39 is 5.97 Å². The van der Waals surface area contributed by atoms with Gasteiger partial charge >= 0.3 is 11.9 Å². The molecule has 0 unspecified atom stereocenters. The van der Waals surface area contributed by atoms with Crippen LogP contribution in [0.15, 0.2) is 48.0 Å². The van der Waals surface area contributed by atoms with Crippen molar-refractivity contribution < 1.29 is 18.9 Å². The molecule has 0 aliphatic rings. The Morgan fingerprint density at radius 2 is 2.50 bits per heavy atom. The Labute approximate surface area is 91.4 Å². The molecule has 0 amide bonds. The maximum absolute atomic E-state index is 11.2. The van der Waals surface area contributed by atoms with Crippen LogP contribution in [0, 0.1) is 0 Å². The van der Waals surface area contributed by atoms with Crippen molar-refractivity contribution in [2.45, 2.75) is 0 Å². The van der Waals surface area contributed by atoms with Crippen molar-refractivity contribution in [1.82, 2.24) is 4.98 Å². The van der Waals surface area contributed by atoms with E-state index in [1.165, 1.54) is 6.20 Å². The summed E-state index contributed by atoms with van der Waals surface area (Å²) >= 11 is 0. The summed E-state index contributed by atoms with van der Waals surface area (Å²) in [5.74, 6) is -0.271. The Morgan fingerprint density at radius 3 is 3.19 bits per heavy atom. The number of nitrogens with zero attached hydrogens (tertiary/aromatic N) is 1. The normalized spacial score (nSPS) is 9.75. The number of carbonyl (C=O) groups is 1. The van der Waals surface area contributed by atoms with Gasteiger partial charge in [0, 0.05) is 6.07 Å². The molecule has 0 aliphatic heterocycles. The van der Waals surface area contributed by atoms with Gasteiger partial charge in [0.15, 0.2) is 18.2 Å². The van der Waals surface area contributed by atoms with Gasteiger partial charge in [0.2, 0.25) is 0 Å². The van der Waals surface area contributed by atoms with Gasteiger partial charge in [-0.2, -0.15) is 0 Å². The molecule has 0 radical (unpaired) electrons. The molecule has 0 bridgehead atoms. The summed E-state index contributed by atoms with van der Waals surface area (Å²) in [6.07, 6.45) is 6.00. The first-order valence-electron chi connectivity index (χ1n) is 4.55. The highest BCUT2D eigenvalue weighted by Gasteiger charge is 2.15. The monoisotopic (exact) mass is 217 g/mol. The van der Waals surface area contributed by atoms with Gasteiger partial charge in [0.25, 0.3) is 0 Å². The van der Waals surface area contributed by atoms with Crippen molar-refractivity contribution in [1.29, 1.82) is 0 Å². The van der Waals surface area contributed by atoms with E-state index in [1.807, 2.05) is 12.1 Å². The van der Waals surface area contributed by atoms with Gasteiger partial charge in [-0.3, -0.25) is 0 Å². The molecule has 16 heavy (non-hydrogen) atoms. The number of ether oxygens (including phenoxy) is 1. The SMILES string of the molecule is C=COC(=O)c1ncc(-c2ccc[nH+]c2)o1. The van der Waals surface area contributed by atoms with Gasteiger partial charge in [0.1, 0.15) is 0 Å². The number of rotatable bonds is 3. The second kappa shape index (κ2) is 4.39. The summed E-state index contributed by atoms with van der Waals surface area (Å²) in [6.45, 7) is 3.27. The van der Waals surface area contributed by atoms with Crippen LogP contribution in [0.1, 0.15) is 10.7 Å². The van der Waals surface area contributed by atoms with Crippen LogP contribution in [0.25, 0.3) is 11.3 Å². The van der Waals surface area contributed by atoms with Crippen molar-refractivity contribution in [2.24, 2.45) is 0 Å². The van der Waals surface area contributed by atoms with Crippen LogP contribution in [-0.2, 0) is 4.74 Å². The minimum atomic E-state index is -0.666. The van der Waals surface area contributed by atoms with E-state index in [0.717, 1.165) is 11.8 Å². The van der Waals surface area contributed by atoms with Crippen molar-refractivity contribution in [3.8, 4) is 11.3 Å². The van der Waals surface area contributed by atoms with Crippen molar-refractivity contribution in [3.05, 3.63) is 49.5 Å². The topological polar surface area (TPSA) is 66.5 Å². The van der Waals surface area contributed by atoms with Crippen LogP contribution in [0.3, 0.4) is 0 Å². The van der Waals surface area contributed by atoms with Crippen LogP contribution in [-0.4, -0.2) is 11.0 Å². The van der Waals surface area contributed by atoms with Gasteiger partial charge in [0.05, 0.1) is 18.0 Å². The molecule has 2 rings (SSSR count). The molecule has 0 saturated carbocycles. The van der Waals surface area contributed by atoms with Crippen LogP contribution < -0.4 is 4.98 Å². The zero-order valence-corrected chi connectivity index (χ0v) is 8.34. The number of nitrogens with one attached hydrogen (secondary N) is 1. The second-order valence-electron chi connectivity index (χ2n) is 2.89. The summed E-state index contributed by atoms with van der Waals surface area (Å²) in [6, 6.07) is 3.65. The van der Waals surface area contributed by atoms with Gasteiger partial charge in [-0.05, 0) is 6.07 Å². The molecule has 0 spiro atoms. The molecule has 2 heterocycles. The fraction of sp³-hybridized carbons (Fsp3) is 0. The number of oxazole rings is 1. The summed E-state index contributed by atoms with van der Waals surface area (Å²) in [5.41, 5.74) is 0.799. The average Bonchev–Trinajstić information content (AvgIpc) is 2.80. The summed E-state index contributed by atoms with van der Waals surface area (Å²) in [4.78, 5) is 17.9. The molecule has 1 N–H and O–H groups in total. The summed E-state index contributed by atoms with van der Waals surface area (Å²) < 4.78 is 9.77. The first kappa shape index (κ1) is 10.1. The lowest BCUT2D eigenvalue weighted by Gasteiger charge is -1.92. The van der Waals surface area contributed by atoms with Crippen molar-refractivity contribution in [3.63, 3.8) is 0 Å². The third-order valence-corrected chi connectivity index (χ3v) is 1.86. The Morgan fingerprint density at radius 1 is 1.62 bits per heavy atom. The molecule has 2 aromatic rings. The Kier molecular flexibility index (Phi) is 2.77. The summed E-state index contributed by atoms with van der Waals surface area (Å²) in [7, 11) is 0. The number of hydrogen-bond donors (Lipinski definition) is 0. The molecule has 80 valence electrons. The molecule has 2 aromatic heterocycles. The molecule has 0 saturated heterocycles. The molecule has 0 aliphatic carbocycles. The number of carbonyl (C=O) groups excluding carboxylic acids is 1. The van der Waals surface area contributed by atoms with Gasteiger partial charge in [-0.1, -0.05) is 6.58 Å². The largest absolute Gasteiger partial charge is 0.431 e. The Hall–Kier alpha value is -2.43. The molecular formula is C11H9N2O3+. The third-order valence-electron chi connectivity index (χ3n) is 1.86. The van der Waals surface area contributed by atoms with E-state index in [2.05, 4.69) is 21.3 Å². The van der Waals surface area contributed by atoms with E-state index in [1.54, 1.807) is 12.4 Å². The first-order valence-corrected chi connectivity index (χ1v) is 4.55. The quantitative estimate of drug-likeness (QED) is 0.576. The Balaban J connectivity index is 2.26. The molecule has 0 atom stereocenters. The third kappa shape index (κ3) is 1.98. The second-order valence-corrected chi connectivity index (χ2v) is 2.89. The van der Waals surface area contributed by atoms with E-state index in [0.29, 0.717) is 5.76 Å². The molecule has 5 heteroatoms. The van der Waals surface area contributed by atoms with E-state index in [-0.39, 0.29) is 5.89 Å². The number of H-pyrrole nitrogens is 1. The predicted molar refractivity (Wildman–Crippen MR) is 54.1 cm³/mol. The standard InChI is InChI=1S/C11H8N2O3/c1-2-15-11(14)10-13-7-9(16-10)8-4-3-5-12-6-8/h2-7H,1H2/p+1. The number of pyridine rings is 1. The van der Waals surface area contributed by atoms with Crippen molar-refractivity contribution in [2.75, 3.05) is 0 Å². The molecule has 5 nitrogen and oxygen atoms in total. The number of aromatic nitrogens is 2. The maximum Gasteiger partial charge on any atom is 0.399 e. The average molecular weight is 217 g/mol. The van der Waals surface area contributed by atoms with Crippen molar-refractivity contribution >= 4 is 5.97 Å². The summed E-state index contributed by atoms with van der Waals surface area (Å²) in [5, 5.41) is 0. The lowest BCUT2D eigenvalue weighted by Crippen LogP contribution is -2.00. The lowest BCUT2D eigenvalue weighted by molar-refractivity contribution is -0.377. The smallest absolute Gasteiger partial charge is 0.399 e. The molecule has 0 aromatic carbocycles. The fourth-order valence-electron chi connectivity index (χ4n) is 1.17. The minimum Gasteiger partial charge on any atom is -0.431 e. The van der Waals surface area contributed by atoms with Crippen LogP contribution in [0.2, 0.25) is 0 Å². The number of aromatic amines is 1. The Bertz CT molecular complexity index is 505. The van der Waals surface area contributed by atoms with E-state index in [9.17, 15) is 4.79 Å². The fourth-order valence-corrected chi connectivity index (χ4v) is 1.17. The van der Waals surface area contributed by atoms with Gasteiger partial charge in [-0.15, -0.1) is 0 Å².